The van der Waals surface area contributed by atoms with Crippen LogP contribution in [0.25, 0.3) is 83.2 Å². The van der Waals surface area contributed by atoms with Crippen molar-refractivity contribution in [2.45, 2.75) is 12.3 Å². The van der Waals surface area contributed by atoms with Crippen LogP contribution in [0.4, 0.5) is 0 Å². The molecular weight excluding hydrogens is 621 g/mol. The number of furan rings is 1. The Kier molecular flexibility index (Phi) is 6.08. The maximum absolute atomic E-state index is 6.41. The Morgan fingerprint density at radius 1 is 0.451 bits per heavy atom. The van der Waals surface area contributed by atoms with Gasteiger partial charge in [0.1, 0.15) is 11.2 Å². The van der Waals surface area contributed by atoms with Crippen molar-refractivity contribution in [3.05, 3.63) is 187 Å². The molecule has 0 fully saturated rings. The summed E-state index contributed by atoms with van der Waals surface area (Å²) in [6.07, 6.45) is 5.67. The second-order valence-electron chi connectivity index (χ2n) is 13.7. The van der Waals surface area contributed by atoms with Gasteiger partial charge in [0.25, 0.3) is 0 Å². The van der Waals surface area contributed by atoms with Gasteiger partial charge in [0, 0.05) is 49.9 Å². The second kappa shape index (κ2) is 11.0. The molecule has 0 radical (unpaired) electrons. The molecule has 7 aromatic carbocycles. The normalized spacial score (nSPS) is 14.3. The molecule has 0 N–H and O–H groups in total. The minimum absolute atomic E-state index is 0.273. The maximum atomic E-state index is 6.41. The summed E-state index contributed by atoms with van der Waals surface area (Å²) in [7, 11) is 0. The van der Waals surface area contributed by atoms with Crippen molar-refractivity contribution in [2.75, 3.05) is 0 Å². The lowest BCUT2D eigenvalue weighted by Gasteiger charge is -2.19. The summed E-state index contributed by atoms with van der Waals surface area (Å²) >= 11 is 0. The molecule has 1 aliphatic rings. The predicted octanol–water partition coefficient (Wildman–Crippen LogP) is 12.6. The van der Waals surface area contributed by atoms with Crippen LogP contribution in [0.15, 0.2) is 174 Å². The van der Waals surface area contributed by atoms with Crippen LogP contribution in [0.2, 0.25) is 0 Å². The number of hydrogen-bond donors (Lipinski definition) is 0. The largest absolute Gasteiger partial charge is 0.456 e. The van der Waals surface area contributed by atoms with Gasteiger partial charge in [-0.15, -0.1) is 0 Å². The minimum atomic E-state index is 0.273. The quantitative estimate of drug-likeness (QED) is 0.186. The molecule has 11 rings (SSSR count). The fourth-order valence-corrected chi connectivity index (χ4v) is 8.51. The third-order valence-electron chi connectivity index (χ3n) is 10.9. The molecule has 10 aromatic rings. The van der Waals surface area contributed by atoms with Crippen molar-refractivity contribution in [3.63, 3.8) is 0 Å². The molecule has 0 aliphatic heterocycles. The van der Waals surface area contributed by atoms with Gasteiger partial charge in [0.2, 0.25) is 0 Å². The van der Waals surface area contributed by atoms with Gasteiger partial charge in [-0.2, -0.15) is 0 Å². The SMILES string of the molecule is C1=CC(c2ccc3oc4ccc(-c5ccc6c(c5)c5ccccc5n6-c5ccccc5)cc4c3c2)Cc2c1n(-c1ccccc1)c1ccccc21. The van der Waals surface area contributed by atoms with Gasteiger partial charge in [-0.25, -0.2) is 0 Å². The summed E-state index contributed by atoms with van der Waals surface area (Å²) in [6, 6.07) is 59.1. The molecule has 0 spiro atoms. The van der Waals surface area contributed by atoms with Crippen LogP contribution in [0.1, 0.15) is 22.7 Å². The number of hydrogen-bond acceptors (Lipinski definition) is 1. The van der Waals surface area contributed by atoms with Crippen LogP contribution in [0, 0.1) is 0 Å². The first kappa shape index (κ1) is 28.3. The molecule has 3 nitrogen and oxygen atoms in total. The van der Waals surface area contributed by atoms with Gasteiger partial charge >= 0.3 is 0 Å². The van der Waals surface area contributed by atoms with Crippen molar-refractivity contribution in [1.29, 1.82) is 0 Å². The third-order valence-corrected chi connectivity index (χ3v) is 10.9. The fraction of sp³-hybridized carbons (Fsp3) is 0.0417. The van der Waals surface area contributed by atoms with Crippen LogP contribution < -0.4 is 0 Å². The molecule has 1 aliphatic carbocycles. The first-order valence-corrected chi connectivity index (χ1v) is 17.7. The first-order chi connectivity index (χ1) is 25.3. The molecule has 0 bridgehead atoms. The Labute approximate surface area is 294 Å². The molecular formula is C48H32N2O. The number of rotatable bonds is 4. The van der Waals surface area contributed by atoms with E-state index in [1.165, 1.54) is 72.0 Å². The minimum Gasteiger partial charge on any atom is -0.456 e. The van der Waals surface area contributed by atoms with Crippen molar-refractivity contribution in [2.24, 2.45) is 0 Å². The van der Waals surface area contributed by atoms with Crippen LogP contribution >= 0.6 is 0 Å². The van der Waals surface area contributed by atoms with Crippen LogP contribution in [-0.4, -0.2) is 9.13 Å². The topological polar surface area (TPSA) is 23.0 Å². The van der Waals surface area contributed by atoms with E-state index in [1.54, 1.807) is 0 Å². The molecule has 3 heterocycles. The first-order valence-electron chi connectivity index (χ1n) is 17.7. The Bertz CT molecular complexity index is 2990. The zero-order valence-electron chi connectivity index (χ0n) is 27.8. The molecule has 3 aromatic heterocycles. The van der Waals surface area contributed by atoms with Gasteiger partial charge in [0.15, 0.2) is 0 Å². The van der Waals surface area contributed by atoms with E-state index < -0.39 is 0 Å². The molecule has 240 valence electrons. The number of fused-ring (bicyclic) bond motifs is 9. The van der Waals surface area contributed by atoms with E-state index in [-0.39, 0.29) is 5.92 Å². The van der Waals surface area contributed by atoms with E-state index in [1.807, 2.05) is 0 Å². The molecule has 1 atom stereocenters. The number of aromatic nitrogens is 2. The number of nitrogens with zero attached hydrogens (tertiary/aromatic N) is 2. The van der Waals surface area contributed by atoms with Gasteiger partial charge in [0.05, 0.1) is 16.6 Å². The van der Waals surface area contributed by atoms with E-state index in [0.717, 1.165) is 28.4 Å². The summed E-state index contributed by atoms with van der Waals surface area (Å²) in [4.78, 5) is 0. The lowest BCUT2D eigenvalue weighted by Crippen LogP contribution is -2.07. The lowest BCUT2D eigenvalue weighted by atomic mass is 9.86. The van der Waals surface area contributed by atoms with E-state index in [2.05, 4.69) is 185 Å². The number of allylic oxidation sites excluding steroid dienone is 1. The Hall–Kier alpha value is -6.58. The zero-order chi connectivity index (χ0) is 33.5. The van der Waals surface area contributed by atoms with E-state index in [0.29, 0.717) is 0 Å². The Morgan fingerprint density at radius 3 is 1.78 bits per heavy atom. The maximum Gasteiger partial charge on any atom is 0.135 e. The van der Waals surface area contributed by atoms with Crippen LogP contribution in [-0.2, 0) is 6.42 Å². The van der Waals surface area contributed by atoms with Crippen molar-refractivity contribution >= 4 is 60.7 Å². The summed E-state index contributed by atoms with van der Waals surface area (Å²) in [5.41, 5.74) is 14.3. The average molecular weight is 653 g/mol. The Balaban J connectivity index is 1.00. The summed E-state index contributed by atoms with van der Waals surface area (Å²) < 4.78 is 11.2. The van der Waals surface area contributed by atoms with Gasteiger partial charge in [-0.3, -0.25) is 0 Å². The van der Waals surface area contributed by atoms with Gasteiger partial charge < -0.3 is 13.6 Å². The molecule has 3 heteroatoms. The fourth-order valence-electron chi connectivity index (χ4n) is 8.51. The highest BCUT2D eigenvalue weighted by molar-refractivity contribution is 6.11. The second-order valence-corrected chi connectivity index (χ2v) is 13.7. The monoisotopic (exact) mass is 652 g/mol. The third kappa shape index (κ3) is 4.31. The molecule has 0 saturated carbocycles. The average Bonchev–Trinajstić information content (AvgIpc) is 3.85. The van der Waals surface area contributed by atoms with E-state index in [4.69, 9.17) is 4.42 Å². The highest BCUT2D eigenvalue weighted by Gasteiger charge is 2.24. The number of benzene rings is 7. The highest BCUT2D eigenvalue weighted by Crippen LogP contribution is 2.41. The van der Waals surface area contributed by atoms with Gasteiger partial charge in [-0.05, 0) is 108 Å². The molecule has 51 heavy (non-hydrogen) atoms. The lowest BCUT2D eigenvalue weighted by molar-refractivity contribution is 0.668. The number of para-hydroxylation sites is 4. The summed E-state index contributed by atoms with van der Waals surface area (Å²) in [6.45, 7) is 0. The van der Waals surface area contributed by atoms with E-state index >= 15 is 0 Å². The predicted molar refractivity (Wildman–Crippen MR) is 212 cm³/mol. The summed E-state index contributed by atoms with van der Waals surface area (Å²) in [5, 5.41) is 6.15. The zero-order valence-corrected chi connectivity index (χ0v) is 27.8. The standard InChI is InChI=1S/C48H32N2O/c1-3-11-35(12-4-1)49-43-17-9-7-15-37(43)39-27-31(19-23-45(39)49)33-21-25-47-41(29-33)42-30-34(22-26-48(42)51-47)32-20-24-46-40(28-32)38-16-8-10-18-44(38)50(46)36-13-5-2-6-14-36/h1-27,29-30,32H,28H2. The van der Waals surface area contributed by atoms with Crippen LogP contribution in [0.5, 0.6) is 0 Å². The van der Waals surface area contributed by atoms with Crippen molar-refractivity contribution in [3.8, 4) is 22.5 Å². The highest BCUT2D eigenvalue weighted by atomic mass is 16.3. The summed E-state index contributed by atoms with van der Waals surface area (Å²) in [5.74, 6) is 0.273. The Morgan fingerprint density at radius 2 is 1.02 bits per heavy atom. The van der Waals surface area contributed by atoms with Crippen molar-refractivity contribution in [1.82, 2.24) is 9.13 Å². The van der Waals surface area contributed by atoms with Crippen LogP contribution in [0.3, 0.4) is 0 Å². The smallest absolute Gasteiger partial charge is 0.135 e. The molecule has 0 saturated heterocycles. The van der Waals surface area contributed by atoms with Crippen molar-refractivity contribution < 1.29 is 4.42 Å². The molecule has 1 unspecified atom stereocenters. The van der Waals surface area contributed by atoms with Gasteiger partial charge in [-0.1, -0.05) is 97.1 Å². The van der Waals surface area contributed by atoms with E-state index in [9.17, 15) is 0 Å². The molecule has 0 amide bonds.